The maximum atomic E-state index is 13.9. The van der Waals surface area contributed by atoms with E-state index in [0.717, 1.165) is 23.6 Å². The lowest BCUT2D eigenvalue weighted by Crippen LogP contribution is -2.20. The summed E-state index contributed by atoms with van der Waals surface area (Å²) in [6, 6.07) is 0. The average Bonchev–Trinajstić information content (AvgIpc) is 2.44. The molecule has 0 rings (SSSR count). The molecule has 0 aromatic rings. The molecule has 22 heavy (non-hydrogen) atoms. The predicted molar refractivity (Wildman–Crippen MR) is 93.8 cm³/mol. The fourth-order valence-electron chi connectivity index (χ4n) is 1.87. The minimum atomic E-state index is -2.93. The predicted octanol–water partition coefficient (Wildman–Crippen LogP) is 6.07. The van der Waals surface area contributed by atoms with E-state index in [2.05, 4.69) is 11.6 Å². The molecule has 0 bridgehead atoms. The standard InChI is InChI=1S/C19H27F2N/c1-8-10-14(3)11-12-17(15(4)9-2)13-18(16(5)22-7)19(6,20)21/h8-10,12-13H,1,11H2,2-7H3/b14-10+,15-9+,17-12+,18-13+,22-16?. The van der Waals surface area contributed by atoms with Gasteiger partial charge in [-0.2, -0.15) is 0 Å². The van der Waals surface area contributed by atoms with Crippen LogP contribution in [0.25, 0.3) is 0 Å². The van der Waals surface area contributed by atoms with Crippen LogP contribution in [0.4, 0.5) is 8.78 Å². The second kappa shape index (κ2) is 9.29. The van der Waals surface area contributed by atoms with Crippen molar-refractivity contribution in [3.8, 4) is 0 Å². The molecule has 3 heteroatoms. The van der Waals surface area contributed by atoms with Crippen LogP contribution in [0.1, 0.15) is 41.0 Å². The average molecular weight is 307 g/mol. The van der Waals surface area contributed by atoms with Gasteiger partial charge in [0.05, 0.1) is 0 Å². The van der Waals surface area contributed by atoms with E-state index in [1.54, 1.807) is 19.1 Å². The maximum absolute atomic E-state index is 13.9. The highest BCUT2D eigenvalue weighted by Crippen LogP contribution is 2.28. The third-order valence-electron chi connectivity index (χ3n) is 3.43. The molecule has 0 atom stereocenters. The lowest BCUT2D eigenvalue weighted by molar-refractivity contribution is 0.0700. The van der Waals surface area contributed by atoms with E-state index in [1.807, 2.05) is 39.0 Å². The number of hydrogen-bond donors (Lipinski definition) is 0. The SMILES string of the molecule is C=C/C=C(\C)C/C=C(\C=C(/C(C)=NC)C(C)(F)F)C(/C)=C/C. The summed E-state index contributed by atoms with van der Waals surface area (Å²) in [4.78, 5) is 3.92. The molecule has 0 spiro atoms. The maximum Gasteiger partial charge on any atom is 0.272 e. The summed E-state index contributed by atoms with van der Waals surface area (Å²) >= 11 is 0. The van der Waals surface area contributed by atoms with Gasteiger partial charge >= 0.3 is 0 Å². The summed E-state index contributed by atoms with van der Waals surface area (Å²) in [6.45, 7) is 12.0. The second-order valence-corrected chi connectivity index (χ2v) is 5.34. The zero-order valence-electron chi connectivity index (χ0n) is 14.5. The van der Waals surface area contributed by atoms with Gasteiger partial charge in [-0.3, -0.25) is 4.99 Å². The quantitative estimate of drug-likeness (QED) is 0.399. The van der Waals surface area contributed by atoms with Crippen LogP contribution in [0, 0.1) is 0 Å². The Balaban J connectivity index is 5.89. The third-order valence-corrected chi connectivity index (χ3v) is 3.43. The zero-order chi connectivity index (χ0) is 17.3. The van der Waals surface area contributed by atoms with E-state index < -0.39 is 5.92 Å². The van der Waals surface area contributed by atoms with E-state index in [9.17, 15) is 8.78 Å². The van der Waals surface area contributed by atoms with Crippen LogP contribution in [0.5, 0.6) is 0 Å². The Bertz CT molecular complexity index is 538. The van der Waals surface area contributed by atoms with Gasteiger partial charge in [0.15, 0.2) is 0 Å². The topological polar surface area (TPSA) is 12.4 Å². The first kappa shape index (κ1) is 20.2. The molecule has 1 nitrogen and oxygen atoms in total. The van der Waals surface area contributed by atoms with Gasteiger partial charge < -0.3 is 0 Å². The second-order valence-electron chi connectivity index (χ2n) is 5.34. The summed E-state index contributed by atoms with van der Waals surface area (Å²) < 4.78 is 27.7. The molecule has 0 unspecified atom stereocenters. The molecule has 0 aromatic heterocycles. The molecule has 0 aliphatic heterocycles. The molecule has 0 N–H and O–H groups in total. The third kappa shape index (κ3) is 6.79. The van der Waals surface area contributed by atoms with Crippen LogP contribution in [0.3, 0.4) is 0 Å². The number of halogens is 2. The van der Waals surface area contributed by atoms with Crippen molar-refractivity contribution in [1.29, 1.82) is 0 Å². The van der Waals surface area contributed by atoms with E-state index in [4.69, 9.17) is 0 Å². The van der Waals surface area contributed by atoms with Crippen molar-refractivity contribution in [2.75, 3.05) is 7.05 Å². The number of aliphatic imine (C=N–C) groups is 1. The van der Waals surface area contributed by atoms with Crippen molar-refractivity contribution in [3.63, 3.8) is 0 Å². The van der Waals surface area contributed by atoms with E-state index in [1.165, 1.54) is 7.05 Å². The number of nitrogens with zero attached hydrogens (tertiary/aromatic N) is 1. The van der Waals surface area contributed by atoms with Gasteiger partial charge in [-0.05, 0) is 51.3 Å². The molecule has 0 saturated carbocycles. The Hall–Kier alpha value is -1.77. The van der Waals surface area contributed by atoms with Crippen molar-refractivity contribution < 1.29 is 8.78 Å². The first-order valence-electron chi connectivity index (χ1n) is 7.32. The van der Waals surface area contributed by atoms with Gasteiger partial charge in [0.25, 0.3) is 5.92 Å². The van der Waals surface area contributed by atoms with Crippen LogP contribution in [-0.2, 0) is 0 Å². The van der Waals surface area contributed by atoms with Crippen LogP contribution >= 0.6 is 0 Å². The summed E-state index contributed by atoms with van der Waals surface area (Å²) in [5, 5.41) is 0. The summed E-state index contributed by atoms with van der Waals surface area (Å²) in [5.41, 5.74) is 3.17. The van der Waals surface area contributed by atoms with Crippen molar-refractivity contribution in [1.82, 2.24) is 0 Å². The highest BCUT2D eigenvalue weighted by atomic mass is 19.3. The molecular formula is C19H27F2N. The van der Waals surface area contributed by atoms with Gasteiger partial charge in [0.2, 0.25) is 0 Å². The molecule has 122 valence electrons. The lowest BCUT2D eigenvalue weighted by atomic mass is 9.97. The zero-order valence-corrected chi connectivity index (χ0v) is 14.5. The molecule has 0 aliphatic rings. The van der Waals surface area contributed by atoms with Crippen molar-refractivity contribution >= 4 is 5.71 Å². The normalized spacial score (nSPS) is 16.1. The Morgan fingerprint density at radius 3 is 2.23 bits per heavy atom. The van der Waals surface area contributed by atoms with E-state index in [-0.39, 0.29) is 5.57 Å². The Morgan fingerprint density at radius 2 is 1.82 bits per heavy atom. The summed E-state index contributed by atoms with van der Waals surface area (Å²) in [5.74, 6) is -2.93. The van der Waals surface area contributed by atoms with E-state index in [0.29, 0.717) is 12.1 Å². The van der Waals surface area contributed by atoms with Crippen molar-refractivity contribution in [2.45, 2.75) is 47.0 Å². The minimum Gasteiger partial charge on any atom is -0.293 e. The molecule has 0 heterocycles. The molecule has 0 amide bonds. The van der Waals surface area contributed by atoms with Crippen LogP contribution in [-0.4, -0.2) is 18.7 Å². The van der Waals surface area contributed by atoms with Crippen molar-refractivity contribution in [2.24, 2.45) is 4.99 Å². The van der Waals surface area contributed by atoms with Gasteiger partial charge in [0.1, 0.15) is 0 Å². The Kier molecular flexibility index (Phi) is 8.54. The minimum absolute atomic E-state index is 0.0483. The lowest BCUT2D eigenvalue weighted by Gasteiger charge is -2.16. The number of alkyl halides is 2. The smallest absolute Gasteiger partial charge is 0.272 e. The fraction of sp³-hybridized carbons (Fsp3) is 0.421. The van der Waals surface area contributed by atoms with Gasteiger partial charge in [-0.1, -0.05) is 36.5 Å². The Labute approximate surface area is 133 Å². The first-order valence-corrected chi connectivity index (χ1v) is 7.32. The summed E-state index contributed by atoms with van der Waals surface area (Å²) in [7, 11) is 1.53. The number of allylic oxidation sites excluding steroid dienone is 9. The molecule has 0 radical (unpaired) electrons. The molecule has 0 saturated heterocycles. The highest BCUT2D eigenvalue weighted by Gasteiger charge is 2.29. The van der Waals surface area contributed by atoms with Crippen LogP contribution in [0.2, 0.25) is 0 Å². The van der Waals surface area contributed by atoms with Gasteiger partial charge in [0, 0.05) is 25.3 Å². The fourth-order valence-corrected chi connectivity index (χ4v) is 1.87. The molecule has 0 aliphatic carbocycles. The van der Waals surface area contributed by atoms with Gasteiger partial charge in [-0.15, -0.1) is 0 Å². The molecule has 0 fully saturated rings. The number of hydrogen-bond acceptors (Lipinski definition) is 1. The molecule has 0 aromatic carbocycles. The first-order chi connectivity index (χ1) is 10.2. The number of rotatable bonds is 7. The van der Waals surface area contributed by atoms with Crippen molar-refractivity contribution in [3.05, 3.63) is 59.3 Å². The Morgan fingerprint density at radius 1 is 1.23 bits per heavy atom. The van der Waals surface area contributed by atoms with Gasteiger partial charge in [-0.25, -0.2) is 8.78 Å². The monoisotopic (exact) mass is 307 g/mol. The van der Waals surface area contributed by atoms with Crippen LogP contribution in [0.15, 0.2) is 64.2 Å². The highest BCUT2D eigenvalue weighted by molar-refractivity contribution is 6.00. The summed E-state index contributed by atoms with van der Waals surface area (Å²) in [6.07, 6.45) is 9.74. The van der Waals surface area contributed by atoms with E-state index >= 15 is 0 Å². The molecular weight excluding hydrogens is 280 g/mol. The van der Waals surface area contributed by atoms with Crippen LogP contribution < -0.4 is 0 Å². The largest absolute Gasteiger partial charge is 0.293 e.